The SMILES string of the molecule is FC(F)(F)c1cc(NC2CCSCC2)nc(Cl)n1. The normalized spacial score (nSPS) is 17.8. The quantitative estimate of drug-likeness (QED) is 0.849. The van der Waals surface area contributed by atoms with Gasteiger partial charge in [-0.1, -0.05) is 0 Å². The smallest absolute Gasteiger partial charge is 0.367 e. The molecule has 1 aliphatic rings. The second-order valence-electron chi connectivity index (χ2n) is 3.94. The fraction of sp³-hybridized carbons (Fsp3) is 0.600. The Morgan fingerprint density at radius 1 is 1.28 bits per heavy atom. The third kappa shape index (κ3) is 3.65. The van der Waals surface area contributed by atoms with Crippen LogP contribution in [0, 0.1) is 0 Å². The van der Waals surface area contributed by atoms with E-state index in [1.807, 2.05) is 11.8 Å². The highest BCUT2D eigenvalue weighted by Crippen LogP contribution is 2.30. The summed E-state index contributed by atoms with van der Waals surface area (Å²) >= 11 is 7.35. The minimum absolute atomic E-state index is 0.138. The van der Waals surface area contributed by atoms with Crippen LogP contribution in [0.5, 0.6) is 0 Å². The summed E-state index contributed by atoms with van der Waals surface area (Å²) in [5.74, 6) is 2.14. The number of thioether (sulfide) groups is 1. The Morgan fingerprint density at radius 2 is 1.94 bits per heavy atom. The monoisotopic (exact) mass is 297 g/mol. The van der Waals surface area contributed by atoms with Crippen LogP contribution in [0.3, 0.4) is 0 Å². The van der Waals surface area contributed by atoms with Crippen molar-refractivity contribution in [1.29, 1.82) is 0 Å². The van der Waals surface area contributed by atoms with Crippen molar-refractivity contribution in [3.05, 3.63) is 17.0 Å². The van der Waals surface area contributed by atoms with Crippen LogP contribution < -0.4 is 5.32 Å². The van der Waals surface area contributed by atoms with Gasteiger partial charge in [0.25, 0.3) is 0 Å². The van der Waals surface area contributed by atoms with Gasteiger partial charge < -0.3 is 5.32 Å². The Morgan fingerprint density at radius 3 is 2.56 bits per heavy atom. The zero-order valence-electron chi connectivity index (χ0n) is 9.30. The Kier molecular flexibility index (Phi) is 4.21. The van der Waals surface area contributed by atoms with E-state index in [0.29, 0.717) is 0 Å². The summed E-state index contributed by atoms with van der Waals surface area (Å²) in [6, 6.07) is 1.05. The fourth-order valence-electron chi connectivity index (χ4n) is 1.69. The van der Waals surface area contributed by atoms with Crippen molar-refractivity contribution in [2.24, 2.45) is 0 Å². The van der Waals surface area contributed by atoms with Gasteiger partial charge in [-0.05, 0) is 35.9 Å². The van der Waals surface area contributed by atoms with Gasteiger partial charge in [0, 0.05) is 12.1 Å². The largest absolute Gasteiger partial charge is 0.433 e. The lowest BCUT2D eigenvalue weighted by Gasteiger charge is -2.23. The summed E-state index contributed by atoms with van der Waals surface area (Å²) in [4.78, 5) is 6.96. The highest BCUT2D eigenvalue weighted by atomic mass is 35.5. The van der Waals surface area contributed by atoms with E-state index in [4.69, 9.17) is 11.6 Å². The van der Waals surface area contributed by atoms with Gasteiger partial charge in [0.1, 0.15) is 5.82 Å². The molecule has 0 unspecified atom stereocenters. The first-order chi connectivity index (χ1) is 8.45. The molecule has 18 heavy (non-hydrogen) atoms. The zero-order valence-corrected chi connectivity index (χ0v) is 10.9. The second kappa shape index (κ2) is 5.52. The number of nitrogens with one attached hydrogen (secondary N) is 1. The molecular formula is C10H11ClF3N3S. The van der Waals surface area contributed by atoms with E-state index >= 15 is 0 Å². The van der Waals surface area contributed by atoms with Crippen molar-refractivity contribution in [2.75, 3.05) is 16.8 Å². The first kappa shape index (κ1) is 13.7. The molecule has 1 saturated heterocycles. The summed E-state index contributed by atoms with van der Waals surface area (Å²) in [6.07, 6.45) is -2.69. The van der Waals surface area contributed by atoms with Crippen LogP contribution in [-0.2, 0) is 6.18 Å². The van der Waals surface area contributed by atoms with Crippen molar-refractivity contribution in [1.82, 2.24) is 9.97 Å². The predicted molar refractivity (Wildman–Crippen MR) is 66.0 cm³/mol. The third-order valence-corrected chi connectivity index (χ3v) is 3.78. The molecule has 1 N–H and O–H groups in total. The minimum Gasteiger partial charge on any atom is -0.367 e. The maximum absolute atomic E-state index is 12.5. The third-order valence-electron chi connectivity index (χ3n) is 2.56. The first-order valence-corrected chi connectivity index (χ1v) is 6.94. The lowest BCUT2D eigenvalue weighted by atomic mass is 10.1. The Balaban J connectivity index is 2.14. The molecule has 2 heterocycles. The van der Waals surface area contributed by atoms with Gasteiger partial charge in [0.05, 0.1) is 0 Å². The van der Waals surface area contributed by atoms with Crippen LogP contribution in [0.1, 0.15) is 18.5 Å². The molecular weight excluding hydrogens is 287 g/mol. The van der Waals surface area contributed by atoms with Gasteiger partial charge in [-0.3, -0.25) is 0 Å². The van der Waals surface area contributed by atoms with Gasteiger partial charge in [-0.25, -0.2) is 9.97 Å². The molecule has 0 saturated carbocycles. The van der Waals surface area contributed by atoms with Crippen molar-refractivity contribution in [2.45, 2.75) is 25.1 Å². The maximum Gasteiger partial charge on any atom is 0.433 e. The van der Waals surface area contributed by atoms with Gasteiger partial charge in [0.15, 0.2) is 5.69 Å². The number of rotatable bonds is 2. The second-order valence-corrected chi connectivity index (χ2v) is 5.50. The minimum atomic E-state index is -4.51. The molecule has 1 aromatic rings. The molecule has 3 nitrogen and oxygen atoms in total. The number of alkyl halides is 3. The highest BCUT2D eigenvalue weighted by Gasteiger charge is 2.33. The topological polar surface area (TPSA) is 37.8 Å². The number of aromatic nitrogens is 2. The molecule has 2 rings (SSSR count). The van der Waals surface area contributed by atoms with E-state index < -0.39 is 17.2 Å². The zero-order chi connectivity index (χ0) is 13.2. The number of nitrogens with zero attached hydrogens (tertiary/aromatic N) is 2. The molecule has 0 aromatic carbocycles. The molecule has 0 aliphatic carbocycles. The lowest BCUT2D eigenvalue weighted by molar-refractivity contribution is -0.141. The first-order valence-electron chi connectivity index (χ1n) is 5.41. The number of hydrogen-bond donors (Lipinski definition) is 1. The molecule has 0 bridgehead atoms. The molecule has 0 spiro atoms. The molecule has 0 amide bonds. The van der Waals surface area contributed by atoms with Crippen molar-refractivity contribution < 1.29 is 13.2 Å². The molecule has 100 valence electrons. The Bertz CT molecular complexity index is 421. The van der Waals surface area contributed by atoms with Crippen molar-refractivity contribution >= 4 is 29.2 Å². The van der Waals surface area contributed by atoms with E-state index in [1.54, 1.807) is 0 Å². The maximum atomic E-state index is 12.5. The average molecular weight is 298 g/mol. The van der Waals surface area contributed by atoms with E-state index in [0.717, 1.165) is 30.4 Å². The standard InChI is InChI=1S/C10H11ClF3N3S/c11-9-16-7(10(12,13)14)5-8(17-9)15-6-1-3-18-4-2-6/h5-6H,1-4H2,(H,15,16,17). The molecule has 1 aromatic heterocycles. The van der Waals surface area contributed by atoms with E-state index in [1.165, 1.54) is 0 Å². The Labute approximate surface area is 112 Å². The van der Waals surface area contributed by atoms with Gasteiger partial charge in [-0.2, -0.15) is 24.9 Å². The summed E-state index contributed by atoms with van der Waals surface area (Å²) in [7, 11) is 0. The summed E-state index contributed by atoms with van der Waals surface area (Å²) in [5, 5.41) is 2.59. The molecule has 1 aliphatic heterocycles. The predicted octanol–water partition coefficient (Wildman–Crippen LogP) is 3.46. The van der Waals surface area contributed by atoms with Crippen LogP contribution in [0.4, 0.5) is 19.0 Å². The molecule has 8 heteroatoms. The number of halogens is 4. The molecule has 0 radical (unpaired) electrons. The summed E-state index contributed by atoms with van der Waals surface area (Å²) in [6.45, 7) is 0. The number of anilines is 1. The van der Waals surface area contributed by atoms with Crippen LogP contribution in [-0.4, -0.2) is 27.5 Å². The Hall–Kier alpha value is -0.690. The highest BCUT2D eigenvalue weighted by molar-refractivity contribution is 7.99. The van der Waals surface area contributed by atoms with E-state index in [9.17, 15) is 13.2 Å². The van der Waals surface area contributed by atoms with Crippen molar-refractivity contribution in [3.8, 4) is 0 Å². The summed E-state index contributed by atoms with van der Waals surface area (Å²) < 4.78 is 37.6. The number of hydrogen-bond acceptors (Lipinski definition) is 4. The average Bonchev–Trinajstić information content (AvgIpc) is 2.28. The van der Waals surface area contributed by atoms with Crippen LogP contribution >= 0.6 is 23.4 Å². The van der Waals surface area contributed by atoms with Gasteiger partial charge in [-0.15, -0.1) is 0 Å². The van der Waals surface area contributed by atoms with Gasteiger partial charge in [0.2, 0.25) is 5.28 Å². The fourth-order valence-corrected chi connectivity index (χ4v) is 2.98. The lowest BCUT2D eigenvalue weighted by Crippen LogP contribution is -2.25. The van der Waals surface area contributed by atoms with Gasteiger partial charge >= 0.3 is 6.18 Å². The summed E-state index contributed by atoms with van der Waals surface area (Å²) in [5.41, 5.74) is -1.02. The van der Waals surface area contributed by atoms with E-state index in [-0.39, 0.29) is 11.9 Å². The molecule has 0 atom stereocenters. The van der Waals surface area contributed by atoms with Crippen LogP contribution in [0.15, 0.2) is 6.07 Å². The van der Waals surface area contributed by atoms with E-state index in [2.05, 4.69) is 15.3 Å². The molecule has 1 fully saturated rings. The van der Waals surface area contributed by atoms with Crippen LogP contribution in [0.25, 0.3) is 0 Å². The van der Waals surface area contributed by atoms with Crippen molar-refractivity contribution in [3.63, 3.8) is 0 Å². The van der Waals surface area contributed by atoms with Crippen LogP contribution in [0.2, 0.25) is 5.28 Å².